The predicted octanol–water partition coefficient (Wildman–Crippen LogP) is -1.05. The normalized spacial score (nSPS) is 26.4. The van der Waals surface area contributed by atoms with Crippen LogP contribution in [0.4, 0.5) is 5.95 Å². The average Bonchev–Trinajstić information content (AvgIpc) is 2.90. The van der Waals surface area contributed by atoms with Gasteiger partial charge in [-0.05, 0) is 22.6 Å². The zero-order valence-corrected chi connectivity index (χ0v) is 12.3. The Morgan fingerprint density at radius 2 is 2.35 bits per heavy atom. The predicted molar refractivity (Wildman–Crippen MR) is 76.9 cm³/mol. The maximum Gasteiger partial charge on any atom is 0.264 e. The third kappa shape index (κ3) is 2.08. The number of rotatable bonds is 2. The van der Waals surface area contributed by atoms with E-state index in [2.05, 4.69) is 15.1 Å². The van der Waals surface area contributed by atoms with Crippen LogP contribution in [0.1, 0.15) is 12.6 Å². The third-order valence-electron chi connectivity index (χ3n) is 3.19. The minimum atomic E-state index is -0.791. The van der Waals surface area contributed by atoms with Crippen LogP contribution in [-0.4, -0.2) is 48.8 Å². The van der Waals surface area contributed by atoms with E-state index in [0.29, 0.717) is 14.7 Å². The van der Waals surface area contributed by atoms with Gasteiger partial charge in [0.15, 0.2) is 11.9 Å². The lowest BCUT2D eigenvalue weighted by Gasteiger charge is -2.12. The van der Waals surface area contributed by atoms with Gasteiger partial charge < -0.3 is 20.7 Å². The van der Waals surface area contributed by atoms with E-state index in [-0.39, 0.29) is 24.5 Å². The molecule has 0 aliphatic carbocycles. The standard InChI is InChI=1S/C10H12IN5O4/c11-7-6-8(13-10(12)14-9(6)19)16(15-7)5-1-3(18)4(2-17)20-5/h3-5,17-18H,1-2H2,(H3,12,13,14,19)/t3-,4-,5-/m1/s1. The smallest absolute Gasteiger partial charge is 0.264 e. The first-order valence-electron chi connectivity index (χ1n) is 5.89. The number of nitrogen functional groups attached to an aromatic ring is 1. The number of halogens is 1. The van der Waals surface area contributed by atoms with Gasteiger partial charge in [-0.1, -0.05) is 0 Å². The van der Waals surface area contributed by atoms with Gasteiger partial charge in [-0.3, -0.25) is 9.78 Å². The maximum atomic E-state index is 11.9. The van der Waals surface area contributed by atoms with E-state index < -0.39 is 18.4 Å². The summed E-state index contributed by atoms with van der Waals surface area (Å²) in [7, 11) is 0. The van der Waals surface area contributed by atoms with Gasteiger partial charge in [0.25, 0.3) is 5.56 Å². The van der Waals surface area contributed by atoms with E-state index in [9.17, 15) is 9.90 Å². The number of aliphatic hydroxyl groups is 2. The fourth-order valence-corrected chi connectivity index (χ4v) is 2.97. The Morgan fingerprint density at radius 1 is 1.60 bits per heavy atom. The van der Waals surface area contributed by atoms with Crippen molar-refractivity contribution in [3.8, 4) is 0 Å². The maximum absolute atomic E-state index is 11.9. The van der Waals surface area contributed by atoms with E-state index in [1.54, 1.807) is 0 Å². The molecule has 0 saturated carbocycles. The summed E-state index contributed by atoms with van der Waals surface area (Å²) in [6.07, 6.45) is -1.80. The summed E-state index contributed by atoms with van der Waals surface area (Å²) < 4.78 is 7.40. The highest BCUT2D eigenvalue weighted by atomic mass is 127. The molecule has 1 saturated heterocycles. The highest BCUT2D eigenvalue weighted by Gasteiger charge is 2.36. The highest BCUT2D eigenvalue weighted by molar-refractivity contribution is 14.1. The van der Waals surface area contributed by atoms with Gasteiger partial charge in [-0.2, -0.15) is 10.1 Å². The molecule has 3 rings (SSSR count). The van der Waals surface area contributed by atoms with Crippen molar-refractivity contribution in [2.24, 2.45) is 0 Å². The van der Waals surface area contributed by atoms with Gasteiger partial charge in [0.05, 0.1) is 12.7 Å². The number of aromatic nitrogens is 4. The summed E-state index contributed by atoms with van der Waals surface area (Å²) >= 11 is 1.92. The molecular formula is C10H12IN5O4. The van der Waals surface area contributed by atoms with E-state index in [4.69, 9.17) is 15.6 Å². The van der Waals surface area contributed by atoms with Crippen molar-refractivity contribution < 1.29 is 14.9 Å². The molecule has 0 spiro atoms. The molecule has 9 nitrogen and oxygen atoms in total. The number of anilines is 1. The molecule has 0 unspecified atom stereocenters. The molecule has 0 amide bonds. The molecule has 1 aliphatic rings. The lowest BCUT2D eigenvalue weighted by atomic mass is 10.2. The number of hydrogen-bond donors (Lipinski definition) is 4. The molecule has 20 heavy (non-hydrogen) atoms. The van der Waals surface area contributed by atoms with Crippen LogP contribution in [0.15, 0.2) is 4.79 Å². The summed E-state index contributed by atoms with van der Waals surface area (Å²) in [5.74, 6) is -0.0164. The van der Waals surface area contributed by atoms with Crippen molar-refractivity contribution in [2.75, 3.05) is 12.3 Å². The lowest BCUT2D eigenvalue weighted by molar-refractivity contribution is -0.0471. The Kier molecular flexibility index (Phi) is 3.40. The number of aromatic amines is 1. The minimum Gasteiger partial charge on any atom is -0.394 e. The first kappa shape index (κ1) is 13.7. The van der Waals surface area contributed by atoms with Gasteiger partial charge in [0.2, 0.25) is 5.95 Å². The molecule has 1 aliphatic heterocycles. The van der Waals surface area contributed by atoms with Crippen LogP contribution in [0.3, 0.4) is 0 Å². The topological polar surface area (TPSA) is 139 Å². The van der Waals surface area contributed by atoms with Crippen molar-refractivity contribution in [3.05, 3.63) is 14.1 Å². The number of aliphatic hydroxyl groups excluding tert-OH is 2. The number of H-pyrrole nitrogens is 1. The monoisotopic (exact) mass is 393 g/mol. The number of nitrogens with two attached hydrogens (primary N) is 1. The van der Waals surface area contributed by atoms with E-state index in [0.717, 1.165) is 0 Å². The summed E-state index contributed by atoms with van der Waals surface area (Å²) in [6, 6.07) is 0. The Morgan fingerprint density at radius 3 is 3.00 bits per heavy atom. The van der Waals surface area contributed by atoms with Crippen molar-refractivity contribution in [1.82, 2.24) is 19.7 Å². The first-order chi connectivity index (χ1) is 9.51. The second kappa shape index (κ2) is 4.95. The van der Waals surface area contributed by atoms with Crippen molar-refractivity contribution in [3.63, 3.8) is 0 Å². The summed E-state index contributed by atoms with van der Waals surface area (Å²) in [5.41, 5.74) is 5.46. The SMILES string of the molecule is Nc1nc2c(c(I)nn2[C@H]2C[C@@H](O)[C@@H](CO)O2)c(=O)[nH]1. The second-order valence-electron chi connectivity index (χ2n) is 4.50. The molecular weight excluding hydrogens is 381 g/mol. The van der Waals surface area contributed by atoms with Gasteiger partial charge in [-0.15, -0.1) is 0 Å². The third-order valence-corrected chi connectivity index (χ3v) is 3.95. The molecule has 5 N–H and O–H groups in total. The van der Waals surface area contributed by atoms with Crippen molar-refractivity contribution in [2.45, 2.75) is 24.9 Å². The molecule has 108 valence electrons. The number of ether oxygens (including phenoxy) is 1. The van der Waals surface area contributed by atoms with Gasteiger partial charge in [0.1, 0.15) is 15.2 Å². The fraction of sp³-hybridized carbons (Fsp3) is 0.500. The van der Waals surface area contributed by atoms with Gasteiger partial charge in [-0.25, -0.2) is 4.68 Å². The van der Waals surface area contributed by atoms with Crippen LogP contribution in [0.25, 0.3) is 11.0 Å². The van der Waals surface area contributed by atoms with Crippen molar-refractivity contribution in [1.29, 1.82) is 0 Å². The first-order valence-corrected chi connectivity index (χ1v) is 6.97. The molecule has 2 aromatic heterocycles. The molecule has 0 radical (unpaired) electrons. The largest absolute Gasteiger partial charge is 0.394 e. The minimum absolute atomic E-state index is 0.0164. The van der Waals surface area contributed by atoms with Crippen LogP contribution < -0.4 is 11.3 Å². The highest BCUT2D eigenvalue weighted by Crippen LogP contribution is 2.30. The number of hydrogen-bond acceptors (Lipinski definition) is 7. The second-order valence-corrected chi connectivity index (χ2v) is 5.52. The number of nitrogens with zero attached hydrogens (tertiary/aromatic N) is 3. The van der Waals surface area contributed by atoms with Gasteiger partial charge in [0, 0.05) is 6.42 Å². The summed E-state index contributed by atoms with van der Waals surface area (Å²) in [6.45, 7) is -0.288. The van der Waals surface area contributed by atoms with E-state index >= 15 is 0 Å². The lowest BCUT2D eigenvalue weighted by Crippen LogP contribution is -2.24. The van der Waals surface area contributed by atoms with E-state index in [1.165, 1.54) is 4.68 Å². The Labute approximate surface area is 125 Å². The van der Waals surface area contributed by atoms with Crippen LogP contribution in [0, 0.1) is 3.70 Å². The van der Waals surface area contributed by atoms with Crippen LogP contribution >= 0.6 is 22.6 Å². The quantitative estimate of drug-likeness (QED) is 0.478. The van der Waals surface area contributed by atoms with E-state index in [1.807, 2.05) is 22.6 Å². The van der Waals surface area contributed by atoms with Gasteiger partial charge >= 0.3 is 0 Å². The molecule has 10 heteroatoms. The Hall–Kier alpha value is -1.24. The average molecular weight is 393 g/mol. The Balaban J connectivity index is 2.11. The Bertz CT molecular complexity index is 713. The molecule has 3 atom stereocenters. The fourth-order valence-electron chi connectivity index (χ4n) is 2.25. The number of fused-ring (bicyclic) bond motifs is 1. The van der Waals surface area contributed by atoms with Crippen LogP contribution in [-0.2, 0) is 4.74 Å². The zero-order valence-electron chi connectivity index (χ0n) is 10.2. The molecule has 1 fully saturated rings. The number of nitrogens with one attached hydrogen (secondary N) is 1. The molecule has 0 bridgehead atoms. The molecule has 3 heterocycles. The summed E-state index contributed by atoms with van der Waals surface area (Å²) in [4.78, 5) is 18.4. The van der Waals surface area contributed by atoms with Crippen LogP contribution in [0.2, 0.25) is 0 Å². The molecule has 2 aromatic rings. The molecule has 0 aromatic carbocycles. The van der Waals surface area contributed by atoms with Crippen molar-refractivity contribution >= 4 is 39.6 Å². The van der Waals surface area contributed by atoms with Crippen LogP contribution in [0.5, 0.6) is 0 Å². The summed E-state index contributed by atoms with van der Waals surface area (Å²) in [5, 5.41) is 23.4. The zero-order chi connectivity index (χ0) is 14.4.